The fourth-order valence-electron chi connectivity index (χ4n) is 11.7. The van der Waals surface area contributed by atoms with Gasteiger partial charge in [0.15, 0.2) is 35.4 Å². The van der Waals surface area contributed by atoms with E-state index in [4.69, 9.17) is 47.6 Å². The quantitative estimate of drug-likeness (QED) is 0.0158. The maximum atomic E-state index is 14.6. The number of nitrogens with zero attached hydrogens (tertiary/aromatic N) is 4. The second-order valence-electron chi connectivity index (χ2n) is 23.3. The Morgan fingerprint density at radius 1 is 0.688 bits per heavy atom. The first-order valence-corrected chi connectivity index (χ1v) is 32.8. The number of H-pyrrole nitrogens is 1. The number of piperidine rings is 1. The van der Waals surface area contributed by atoms with Crippen LogP contribution < -0.4 is 55.0 Å². The van der Waals surface area contributed by atoms with Crippen LogP contribution in [0.15, 0.2) is 115 Å². The topological polar surface area (TPSA) is 277 Å². The van der Waals surface area contributed by atoms with Crippen molar-refractivity contribution >= 4 is 52.0 Å². The molecule has 4 heterocycles. The molecule has 2 aliphatic heterocycles. The van der Waals surface area contributed by atoms with Crippen LogP contribution in [0.2, 0.25) is 0 Å². The lowest BCUT2D eigenvalue weighted by Crippen LogP contribution is -2.50. The van der Waals surface area contributed by atoms with E-state index in [1.165, 1.54) is 26.9 Å². The third-order valence-electron chi connectivity index (χ3n) is 16.9. The lowest BCUT2D eigenvalue weighted by molar-refractivity contribution is -0.162. The maximum absolute atomic E-state index is 14.6. The number of hydrogen-bond donors (Lipinski definition) is 6. The number of methoxy groups -OCH3 is 5. The molecular formula is C72H90N10O14. The summed E-state index contributed by atoms with van der Waals surface area (Å²) in [6, 6.07) is 32.6. The van der Waals surface area contributed by atoms with Gasteiger partial charge in [-0.1, -0.05) is 43.3 Å². The average Bonchev–Trinajstić information content (AvgIpc) is 1.39. The minimum absolute atomic E-state index is 0.125. The van der Waals surface area contributed by atoms with Crippen molar-refractivity contribution in [3.8, 4) is 46.0 Å². The Morgan fingerprint density at radius 3 is 2.18 bits per heavy atom. The summed E-state index contributed by atoms with van der Waals surface area (Å²) in [6.07, 6.45) is 5.07. The minimum Gasteiger partial charge on any atom is -0.493 e. The molecule has 24 heteroatoms. The number of anilines is 2. The number of carbonyl (C=O) groups is 5. The predicted molar refractivity (Wildman–Crippen MR) is 364 cm³/mol. The molecule has 4 amide bonds. The van der Waals surface area contributed by atoms with Gasteiger partial charge in [-0.25, -0.2) is 9.78 Å². The van der Waals surface area contributed by atoms with Gasteiger partial charge in [0.25, 0.3) is 11.8 Å². The largest absolute Gasteiger partial charge is 0.493 e. The van der Waals surface area contributed by atoms with Crippen LogP contribution in [0.4, 0.5) is 11.4 Å². The number of amides is 4. The summed E-state index contributed by atoms with van der Waals surface area (Å²) < 4.78 is 51.5. The van der Waals surface area contributed by atoms with Gasteiger partial charge in [0.05, 0.1) is 79.1 Å². The molecule has 0 spiro atoms. The van der Waals surface area contributed by atoms with E-state index in [-0.39, 0.29) is 69.6 Å². The third kappa shape index (κ3) is 19.8. The van der Waals surface area contributed by atoms with Gasteiger partial charge in [-0.05, 0) is 140 Å². The van der Waals surface area contributed by atoms with Gasteiger partial charge in [-0.15, -0.1) is 0 Å². The standard InChI is InChI=1S/C72H90N10O14/c1-7-55(52-43-63(90-4)68(92-6)64(44-52)91-5)71(86)82-34-9-8-17-59(82)72(87)96-60(24-20-48-21-25-61(88-2)62(41-48)89-3)51-13-10-14-54(42-51)95-47-66(84)77-33-38-94-40-39-93-37-27-65(83)76-29-12-28-74-53-26-30-75-58(45-53)69-78-56-15-11-16-57(67(56)80-69)79-70(85)50-22-18-49(19-23-50)46-81-35-31-73-32-36-81/h10-11,13-16,18-19,21-23,25-26,30,41-45,55,59-60,73H,7-9,12,17,20,24,27-29,31-40,46-47H2,1-6H3,(H,74,75)(H,76,83)(H,77,84)(H,78,80)(H,79,85)/t55-,59-,60+/m0/s1. The number of benzene rings is 5. The summed E-state index contributed by atoms with van der Waals surface area (Å²) in [7, 11) is 7.72. The van der Waals surface area contributed by atoms with Crippen LogP contribution >= 0.6 is 0 Å². The molecule has 7 aromatic rings. The summed E-state index contributed by atoms with van der Waals surface area (Å²) in [5.74, 6) is 1.38. The number of fused-ring (bicyclic) bond motifs is 1. The maximum Gasteiger partial charge on any atom is 0.329 e. The normalized spacial score (nSPS) is 14.6. The smallest absolute Gasteiger partial charge is 0.329 e. The highest BCUT2D eigenvalue weighted by Gasteiger charge is 2.38. The SMILES string of the molecule is CC[C@H](C(=O)N1CCCC[C@H]1C(=O)O[C@H](CCc1ccc(OC)c(OC)c1)c1cccc(OCC(=O)NCCOCCOCCC(=O)NCCCNc2ccnc(-c3nc4c(NC(=O)c5ccc(CN6CCNCC6)cc5)cccc4[nH]3)c2)c1)c1cc(OC)c(OC)c(OC)c1. The van der Waals surface area contributed by atoms with Crippen molar-refractivity contribution in [3.05, 3.63) is 143 Å². The predicted octanol–water partition coefficient (Wildman–Crippen LogP) is 8.65. The highest BCUT2D eigenvalue weighted by atomic mass is 16.6. The number of para-hydroxylation sites is 1. The number of aromatic amines is 1. The number of imidazole rings is 1. The first-order chi connectivity index (χ1) is 46.9. The zero-order valence-corrected chi connectivity index (χ0v) is 55.8. The first kappa shape index (κ1) is 70.8. The molecule has 3 atom stereocenters. The van der Waals surface area contributed by atoms with Gasteiger partial charge in [0, 0.05) is 82.8 Å². The van der Waals surface area contributed by atoms with E-state index < -0.39 is 24.0 Å². The second-order valence-corrected chi connectivity index (χ2v) is 23.3. The van der Waals surface area contributed by atoms with Gasteiger partial charge in [0.2, 0.25) is 17.6 Å². The minimum atomic E-state index is -0.825. The summed E-state index contributed by atoms with van der Waals surface area (Å²) in [6.45, 7) is 9.19. The molecule has 96 heavy (non-hydrogen) atoms. The number of ether oxygens (including phenoxy) is 9. The summed E-state index contributed by atoms with van der Waals surface area (Å²) >= 11 is 0. The summed E-state index contributed by atoms with van der Waals surface area (Å²) in [5.41, 5.74) is 7.46. The molecule has 5 aromatic carbocycles. The molecule has 0 bridgehead atoms. The fraction of sp³-hybridized carbons (Fsp3) is 0.431. The molecule has 0 unspecified atom stereocenters. The Balaban J connectivity index is 0.664. The molecule has 24 nitrogen and oxygen atoms in total. The van der Waals surface area contributed by atoms with E-state index in [0.717, 1.165) is 62.3 Å². The Labute approximate surface area is 560 Å². The Bertz CT molecular complexity index is 3670. The highest BCUT2D eigenvalue weighted by molar-refractivity contribution is 6.08. The Hall–Kier alpha value is -9.49. The Morgan fingerprint density at radius 2 is 1.43 bits per heavy atom. The number of piperazine rings is 1. The van der Waals surface area contributed by atoms with E-state index in [0.29, 0.717) is 126 Å². The first-order valence-electron chi connectivity index (χ1n) is 32.8. The van der Waals surface area contributed by atoms with Gasteiger partial charge in [0.1, 0.15) is 29.1 Å². The molecule has 0 radical (unpaired) electrons. The van der Waals surface area contributed by atoms with E-state index >= 15 is 0 Å². The Kier molecular flexibility index (Phi) is 26.9. The molecule has 9 rings (SSSR count). The molecule has 2 aromatic heterocycles. The van der Waals surface area contributed by atoms with Crippen molar-refractivity contribution < 1.29 is 66.6 Å². The molecular weight excluding hydrogens is 1230 g/mol. The molecule has 2 saturated heterocycles. The van der Waals surface area contributed by atoms with Crippen LogP contribution in [0.3, 0.4) is 0 Å². The number of aryl methyl sites for hydroxylation is 1. The van der Waals surface area contributed by atoms with Crippen LogP contribution in [0.25, 0.3) is 22.6 Å². The highest BCUT2D eigenvalue weighted by Crippen LogP contribution is 2.42. The zero-order chi connectivity index (χ0) is 67.6. The summed E-state index contributed by atoms with van der Waals surface area (Å²) in [4.78, 5) is 84.7. The van der Waals surface area contributed by atoms with Gasteiger partial charge in [-0.2, -0.15) is 0 Å². The van der Waals surface area contributed by atoms with Crippen molar-refractivity contribution in [2.24, 2.45) is 0 Å². The van der Waals surface area contributed by atoms with Crippen molar-refractivity contribution in [1.82, 2.24) is 40.7 Å². The van der Waals surface area contributed by atoms with E-state index in [1.54, 1.807) is 55.6 Å². The van der Waals surface area contributed by atoms with E-state index in [1.807, 2.05) is 85.8 Å². The molecule has 2 fully saturated rings. The van der Waals surface area contributed by atoms with Crippen LogP contribution in [0.1, 0.15) is 96.5 Å². The summed E-state index contributed by atoms with van der Waals surface area (Å²) in [5, 5.41) is 15.5. The number of hydrogen-bond acceptors (Lipinski definition) is 19. The lowest BCUT2D eigenvalue weighted by Gasteiger charge is -2.37. The molecule has 6 N–H and O–H groups in total. The van der Waals surface area contributed by atoms with Crippen molar-refractivity contribution in [1.29, 1.82) is 0 Å². The molecule has 0 aliphatic carbocycles. The second kappa shape index (κ2) is 36.4. The van der Waals surface area contributed by atoms with Crippen LogP contribution in [-0.2, 0) is 46.4 Å². The van der Waals surface area contributed by atoms with Crippen molar-refractivity contribution in [3.63, 3.8) is 0 Å². The zero-order valence-electron chi connectivity index (χ0n) is 55.8. The van der Waals surface area contributed by atoms with Crippen molar-refractivity contribution in [2.45, 2.75) is 82.9 Å². The fourth-order valence-corrected chi connectivity index (χ4v) is 11.7. The lowest BCUT2D eigenvalue weighted by atomic mass is 9.91. The molecule has 0 saturated carbocycles. The number of nitrogens with one attached hydrogen (secondary N) is 6. The van der Waals surface area contributed by atoms with Crippen molar-refractivity contribution in [2.75, 3.05) is 132 Å². The number of aromatic nitrogens is 3. The van der Waals surface area contributed by atoms with Crippen LogP contribution in [-0.4, -0.2) is 181 Å². The average molecular weight is 1320 g/mol. The number of carbonyl (C=O) groups excluding carboxylic acids is 5. The van der Waals surface area contributed by atoms with Gasteiger partial charge in [-0.3, -0.25) is 29.1 Å². The molecule has 2 aliphatic rings. The molecule has 512 valence electrons. The number of rotatable bonds is 36. The number of pyridine rings is 1. The van der Waals surface area contributed by atoms with Crippen LogP contribution in [0, 0.1) is 0 Å². The van der Waals surface area contributed by atoms with E-state index in [2.05, 4.69) is 41.5 Å². The van der Waals surface area contributed by atoms with E-state index in [9.17, 15) is 24.0 Å². The van der Waals surface area contributed by atoms with Crippen LogP contribution in [0.5, 0.6) is 34.5 Å². The van der Waals surface area contributed by atoms with Gasteiger partial charge < -0.3 is 79.1 Å². The number of likely N-dealkylation sites (tertiary alicyclic amines) is 1. The monoisotopic (exact) mass is 1320 g/mol. The van der Waals surface area contributed by atoms with Gasteiger partial charge >= 0.3 is 5.97 Å². The third-order valence-corrected chi connectivity index (χ3v) is 16.9. The number of esters is 1.